The van der Waals surface area contributed by atoms with E-state index in [4.69, 9.17) is 0 Å². The molecular formula is C17H25FN2O2. The zero-order valence-electron chi connectivity index (χ0n) is 13.7. The molecule has 122 valence electrons. The molecule has 1 atom stereocenters. The molecule has 0 bridgehead atoms. The smallest absolute Gasteiger partial charge is 0.318 e. The van der Waals surface area contributed by atoms with Crippen molar-refractivity contribution in [3.63, 3.8) is 0 Å². The van der Waals surface area contributed by atoms with Gasteiger partial charge in [0.15, 0.2) is 0 Å². The molecule has 1 aromatic carbocycles. The van der Waals surface area contributed by atoms with E-state index in [0.29, 0.717) is 18.4 Å². The Morgan fingerprint density at radius 1 is 1.50 bits per heavy atom. The molecular weight excluding hydrogens is 283 g/mol. The van der Waals surface area contributed by atoms with Gasteiger partial charge in [-0.15, -0.1) is 0 Å². The summed E-state index contributed by atoms with van der Waals surface area (Å²) in [5, 5.41) is 12.9. The van der Waals surface area contributed by atoms with E-state index in [2.05, 4.69) is 5.32 Å². The lowest BCUT2D eigenvalue weighted by Gasteiger charge is -2.33. The third-order valence-electron chi connectivity index (χ3n) is 3.95. The van der Waals surface area contributed by atoms with Crippen LogP contribution in [-0.2, 0) is 6.42 Å². The van der Waals surface area contributed by atoms with E-state index in [1.54, 1.807) is 24.8 Å². The van der Waals surface area contributed by atoms with Crippen LogP contribution in [0.25, 0.3) is 0 Å². The van der Waals surface area contributed by atoms with Crippen molar-refractivity contribution < 1.29 is 14.3 Å². The zero-order chi connectivity index (χ0) is 16.5. The van der Waals surface area contributed by atoms with Crippen LogP contribution in [0.1, 0.15) is 51.3 Å². The van der Waals surface area contributed by atoms with Crippen molar-refractivity contribution in [2.24, 2.45) is 0 Å². The quantitative estimate of drug-likeness (QED) is 0.898. The Labute approximate surface area is 131 Å². The predicted molar refractivity (Wildman–Crippen MR) is 84.1 cm³/mol. The molecule has 0 spiro atoms. The standard InChI is InChI=1S/C17H25FN2O2/c1-11(2)20(10-17(3,4)22)16(21)19-15-9-8-12-13(15)6-5-7-14(12)18/h5-7,11,15,22H,8-10H2,1-4H3,(H,19,21)/t15-/m0/s1. The van der Waals surface area contributed by atoms with Gasteiger partial charge in [0.05, 0.1) is 18.2 Å². The second-order valence-corrected chi connectivity index (χ2v) is 6.88. The molecule has 0 saturated heterocycles. The molecule has 0 heterocycles. The summed E-state index contributed by atoms with van der Waals surface area (Å²) in [6.45, 7) is 7.42. The van der Waals surface area contributed by atoms with Crippen LogP contribution in [0.5, 0.6) is 0 Å². The molecule has 1 aromatic rings. The van der Waals surface area contributed by atoms with Gasteiger partial charge in [-0.05, 0) is 57.7 Å². The monoisotopic (exact) mass is 308 g/mol. The lowest BCUT2D eigenvalue weighted by Crippen LogP contribution is -2.50. The van der Waals surface area contributed by atoms with Crippen LogP contribution < -0.4 is 5.32 Å². The molecule has 0 fully saturated rings. The number of amides is 2. The second kappa shape index (κ2) is 6.24. The van der Waals surface area contributed by atoms with Crippen molar-refractivity contribution >= 4 is 6.03 Å². The first-order chi connectivity index (χ1) is 10.2. The number of hydrogen-bond acceptors (Lipinski definition) is 2. The Morgan fingerprint density at radius 3 is 2.77 bits per heavy atom. The van der Waals surface area contributed by atoms with E-state index in [9.17, 15) is 14.3 Å². The molecule has 2 N–H and O–H groups in total. The van der Waals surface area contributed by atoms with E-state index in [-0.39, 0.29) is 30.5 Å². The van der Waals surface area contributed by atoms with Crippen molar-refractivity contribution in [3.05, 3.63) is 35.1 Å². The summed E-state index contributed by atoms with van der Waals surface area (Å²) in [7, 11) is 0. The minimum atomic E-state index is -0.957. The van der Waals surface area contributed by atoms with E-state index >= 15 is 0 Å². The number of rotatable bonds is 4. The first-order valence-electron chi connectivity index (χ1n) is 7.76. The average Bonchev–Trinajstić information content (AvgIpc) is 2.79. The molecule has 1 aliphatic carbocycles. The van der Waals surface area contributed by atoms with E-state index in [0.717, 1.165) is 5.56 Å². The summed E-state index contributed by atoms with van der Waals surface area (Å²) >= 11 is 0. The van der Waals surface area contributed by atoms with Gasteiger partial charge in [-0.2, -0.15) is 0 Å². The van der Waals surface area contributed by atoms with E-state index in [1.807, 2.05) is 19.9 Å². The minimum absolute atomic E-state index is 0.0280. The highest BCUT2D eigenvalue weighted by molar-refractivity contribution is 5.75. The average molecular weight is 308 g/mol. The van der Waals surface area contributed by atoms with Crippen LogP contribution >= 0.6 is 0 Å². The summed E-state index contributed by atoms with van der Waals surface area (Å²) in [5.41, 5.74) is 0.605. The van der Waals surface area contributed by atoms with Gasteiger partial charge in [-0.1, -0.05) is 12.1 Å². The Hall–Kier alpha value is -1.62. The highest BCUT2D eigenvalue weighted by atomic mass is 19.1. The summed E-state index contributed by atoms with van der Waals surface area (Å²) in [4.78, 5) is 14.1. The number of aliphatic hydroxyl groups is 1. The minimum Gasteiger partial charge on any atom is -0.389 e. The van der Waals surface area contributed by atoms with Crippen molar-refractivity contribution in [2.45, 2.75) is 58.2 Å². The number of halogens is 1. The molecule has 0 saturated carbocycles. The Bertz CT molecular complexity index is 552. The largest absolute Gasteiger partial charge is 0.389 e. The SMILES string of the molecule is CC(C)N(CC(C)(C)O)C(=O)N[C@H]1CCc2c(F)cccc21. The topological polar surface area (TPSA) is 52.6 Å². The Morgan fingerprint density at radius 2 is 2.18 bits per heavy atom. The first-order valence-corrected chi connectivity index (χ1v) is 7.76. The van der Waals surface area contributed by atoms with Gasteiger partial charge in [0.25, 0.3) is 0 Å². The molecule has 4 nitrogen and oxygen atoms in total. The van der Waals surface area contributed by atoms with Crippen LogP contribution in [0.4, 0.5) is 9.18 Å². The molecule has 1 aliphatic rings. The third kappa shape index (κ3) is 3.77. The number of nitrogens with zero attached hydrogens (tertiary/aromatic N) is 1. The number of hydrogen-bond donors (Lipinski definition) is 2. The van der Waals surface area contributed by atoms with Crippen molar-refractivity contribution in [1.29, 1.82) is 0 Å². The van der Waals surface area contributed by atoms with Gasteiger partial charge in [0.2, 0.25) is 0 Å². The molecule has 2 amide bonds. The first kappa shape index (κ1) is 16.7. The maximum Gasteiger partial charge on any atom is 0.318 e. The van der Waals surface area contributed by atoms with Crippen LogP contribution in [0.2, 0.25) is 0 Å². The van der Waals surface area contributed by atoms with Crippen molar-refractivity contribution in [2.75, 3.05) is 6.54 Å². The summed E-state index contributed by atoms with van der Waals surface area (Å²) in [5.74, 6) is -0.202. The van der Waals surface area contributed by atoms with Gasteiger partial charge in [0.1, 0.15) is 5.82 Å². The number of urea groups is 1. The number of carbonyl (C=O) groups is 1. The van der Waals surface area contributed by atoms with E-state index in [1.165, 1.54) is 6.07 Å². The van der Waals surface area contributed by atoms with Gasteiger partial charge >= 0.3 is 6.03 Å². The maximum atomic E-state index is 13.8. The van der Waals surface area contributed by atoms with Crippen molar-refractivity contribution in [3.8, 4) is 0 Å². The van der Waals surface area contributed by atoms with Crippen molar-refractivity contribution in [1.82, 2.24) is 10.2 Å². The molecule has 0 radical (unpaired) electrons. The summed E-state index contributed by atoms with van der Waals surface area (Å²) < 4.78 is 13.8. The fourth-order valence-electron chi connectivity index (χ4n) is 2.90. The normalized spacial score (nSPS) is 17.5. The molecule has 0 aliphatic heterocycles. The fraction of sp³-hybridized carbons (Fsp3) is 0.588. The molecule has 22 heavy (non-hydrogen) atoms. The van der Waals surface area contributed by atoms with Crippen LogP contribution in [0, 0.1) is 5.82 Å². The zero-order valence-corrected chi connectivity index (χ0v) is 13.7. The number of benzene rings is 1. The third-order valence-corrected chi connectivity index (χ3v) is 3.95. The van der Waals surface area contributed by atoms with Gasteiger partial charge in [0, 0.05) is 6.04 Å². The van der Waals surface area contributed by atoms with E-state index < -0.39 is 5.60 Å². The number of nitrogens with one attached hydrogen (secondary N) is 1. The van der Waals surface area contributed by atoms with Crippen LogP contribution in [0.15, 0.2) is 18.2 Å². The molecule has 5 heteroatoms. The molecule has 0 unspecified atom stereocenters. The lowest BCUT2D eigenvalue weighted by atomic mass is 10.1. The Balaban J connectivity index is 2.11. The van der Waals surface area contributed by atoms with Gasteiger partial charge in [-0.25, -0.2) is 9.18 Å². The predicted octanol–water partition coefficient (Wildman–Crippen LogP) is 3.00. The highest BCUT2D eigenvalue weighted by Crippen LogP contribution is 2.32. The number of fused-ring (bicyclic) bond motifs is 1. The van der Waals surface area contributed by atoms with Gasteiger partial charge < -0.3 is 15.3 Å². The highest BCUT2D eigenvalue weighted by Gasteiger charge is 2.30. The summed E-state index contributed by atoms with van der Waals surface area (Å²) in [6.07, 6.45) is 1.34. The summed E-state index contributed by atoms with van der Waals surface area (Å²) in [6, 6.07) is 4.58. The second-order valence-electron chi connectivity index (χ2n) is 6.88. The lowest BCUT2D eigenvalue weighted by molar-refractivity contribution is 0.0382. The van der Waals surface area contributed by atoms with Gasteiger partial charge in [-0.3, -0.25) is 0 Å². The number of carbonyl (C=O) groups excluding carboxylic acids is 1. The molecule has 0 aromatic heterocycles. The fourth-order valence-corrected chi connectivity index (χ4v) is 2.90. The maximum absolute atomic E-state index is 13.8. The van der Waals surface area contributed by atoms with Crippen LogP contribution in [0.3, 0.4) is 0 Å². The Kier molecular flexibility index (Phi) is 4.75. The molecule has 2 rings (SSSR count). The van der Waals surface area contributed by atoms with Crippen LogP contribution in [-0.4, -0.2) is 34.2 Å².